The van der Waals surface area contributed by atoms with E-state index in [1.54, 1.807) is 0 Å². The predicted molar refractivity (Wildman–Crippen MR) is 93.8 cm³/mol. The minimum absolute atomic E-state index is 0.0958. The van der Waals surface area contributed by atoms with E-state index in [0.717, 1.165) is 16.8 Å². The van der Waals surface area contributed by atoms with E-state index in [1.807, 2.05) is 54.6 Å². The van der Waals surface area contributed by atoms with Gasteiger partial charge in [-0.3, -0.25) is 4.79 Å². The summed E-state index contributed by atoms with van der Waals surface area (Å²) in [6.07, 6.45) is 0.592. The molecule has 0 aliphatic heterocycles. The van der Waals surface area contributed by atoms with Crippen LogP contribution in [0.3, 0.4) is 0 Å². The number of hydrogen-bond acceptors (Lipinski definition) is 6. The van der Waals surface area contributed by atoms with Gasteiger partial charge in [0.05, 0.1) is 11.0 Å². The quantitative estimate of drug-likeness (QED) is 0.515. The SMILES string of the molecule is O=C(CCc1nnc(COc2ccccc2)o1)c1nc2ccccc2[nH]1. The number of carbonyl (C=O) groups excluding carboxylic acids is 1. The third-order valence-electron chi connectivity index (χ3n) is 3.83. The Hall–Kier alpha value is -3.48. The van der Waals surface area contributed by atoms with Gasteiger partial charge in [0.2, 0.25) is 5.89 Å². The van der Waals surface area contributed by atoms with E-state index in [9.17, 15) is 4.79 Å². The molecule has 0 amide bonds. The van der Waals surface area contributed by atoms with Gasteiger partial charge in [0.15, 0.2) is 18.2 Å². The molecule has 0 atom stereocenters. The lowest BCUT2D eigenvalue weighted by molar-refractivity contribution is 0.0971. The van der Waals surface area contributed by atoms with Gasteiger partial charge < -0.3 is 14.1 Å². The first-order chi connectivity index (χ1) is 12.8. The lowest BCUT2D eigenvalue weighted by Gasteiger charge is -2.01. The molecule has 2 heterocycles. The molecule has 0 spiro atoms. The van der Waals surface area contributed by atoms with Crippen molar-refractivity contribution in [3.63, 3.8) is 0 Å². The van der Waals surface area contributed by atoms with Crippen LogP contribution in [0.15, 0.2) is 59.0 Å². The van der Waals surface area contributed by atoms with Crippen molar-refractivity contribution < 1.29 is 13.9 Å². The molecule has 4 rings (SSSR count). The number of rotatable bonds is 7. The largest absolute Gasteiger partial charge is 0.484 e. The van der Waals surface area contributed by atoms with Crippen molar-refractivity contribution in [3.05, 3.63) is 72.2 Å². The number of aromatic nitrogens is 4. The molecule has 0 aliphatic carbocycles. The summed E-state index contributed by atoms with van der Waals surface area (Å²) in [4.78, 5) is 19.6. The average Bonchev–Trinajstić information content (AvgIpc) is 3.32. The highest BCUT2D eigenvalue weighted by Gasteiger charge is 2.14. The molecule has 2 aromatic heterocycles. The van der Waals surface area contributed by atoms with Crippen LogP contribution in [0, 0.1) is 0 Å². The molecule has 26 heavy (non-hydrogen) atoms. The van der Waals surface area contributed by atoms with Gasteiger partial charge in [-0.2, -0.15) is 0 Å². The third-order valence-corrected chi connectivity index (χ3v) is 3.83. The Kier molecular flexibility index (Phi) is 4.42. The molecule has 7 heteroatoms. The third kappa shape index (κ3) is 3.61. The molecular weight excluding hydrogens is 332 g/mol. The Morgan fingerprint density at radius 1 is 1.00 bits per heavy atom. The first-order valence-corrected chi connectivity index (χ1v) is 8.25. The van der Waals surface area contributed by atoms with E-state index in [0.29, 0.717) is 24.0 Å². The summed E-state index contributed by atoms with van der Waals surface area (Å²) in [5.74, 6) is 1.76. The molecule has 130 valence electrons. The molecule has 0 saturated carbocycles. The molecule has 1 N–H and O–H groups in total. The number of imidazole rings is 1. The van der Waals surface area contributed by atoms with Gasteiger partial charge in [0.1, 0.15) is 5.75 Å². The van der Waals surface area contributed by atoms with Crippen LogP contribution < -0.4 is 4.74 Å². The van der Waals surface area contributed by atoms with E-state index >= 15 is 0 Å². The molecule has 0 radical (unpaired) electrons. The van der Waals surface area contributed by atoms with E-state index < -0.39 is 0 Å². The van der Waals surface area contributed by atoms with Gasteiger partial charge >= 0.3 is 0 Å². The zero-order valence-electron chi connectivity index (χ0n) is 13.9. The summed E-state index contributed by atoms with van der Waals surface area (Å²) < 4.78 is 11.1. The number of aromatic amines is 1. The van der Waals surface area contributed by atoms with Crippen molar-refractivity contribution in [1.29, 1.82) is 0 Å². The molecule has 0 fully saturated rings. The number of ether oxygens (including phenoxy) is 1. The standard InChI is InChI=1S/C19H16N4O3/c24-16(19-20-14-8-4-5-9-15(14)21-19)10-11-17-22-23-18(26-17)12-25-13-6-2-1-3-7-13/h1-9H,10-12H2,(H,20,21). The van der Waals surface area contributed by atoms with Gasteiger partial charge in [-0.25, -0.2) is 4.98 Å². The number of Topliss-reactive ketones (excluding diaryl/α,β-unsaturated/α-hetero) is 1. The molecule has 0 bridgehead atoms. The predicted octanol–water partition coefficient (Wildman–Crippen LogP) is 3.34. The number of benzene rings is 2. The number of para-hydroxylation sites is 3. The molecule has 0 aliphatic rings. The lowest BCUT2D eigenvalue weighted by atomic mass is 10.2. The molecular formula is C19H16N4O3. The van der Waals surface area contributed by atoms with Crippen LogP contribution in [0.4, 0.5) is 0 Å². The maximum atomic E-state index is 12.3. The zero-order valence-corrected chi connectivity index (χ0v) is 13.9. The van der Waals surface area contributed by atoms with Crippen molar-refractivity contribution in [2.24, 2.45) is 0 Å². The average molecular weight is 348 g/mol. The fourth-order valence-electron chi connectivity index (χ4n) is 2.53. The number of nitrogens with one attached hydrogen (secondary N) is 1. The van der Waals surface area contributed by atoms with E-state index in [1.165, 1.54) is 0 Å². The van der Waals surface area contributed by atoms with Gasteiger partial charge in [-0.15, -0.1) is 10.2 Å². The van der Waals surface area contributed by atoms with Crippen molar-refractivity contribution in [2.45, 2.75) is 19.4 Å². The minimum atomic E-state index is -0.0958. The summed E-state index contributed by atoms with van der Waals surface area (Å²) in [5.41, 5.74) is 1.61. The number of ketones is 1. The minimum Gasteiger partial charge on any atom is -0.484 e. The Labute approximate surface area is 149 Å². The Morgan fingerprint density at radius 3 is 2.62 bits per heavy atom. The molecule has 4 aromatic rings. The smallest absolute Gasteiger partial charge is 0.253 e. The van der Waals surface area contributed by atoms with Crippen molar-refractivity contribution in [2.75, 3.05) is 0 Å². The zero-order chi connectivity index (χ0) is 17.8. The molecule has 0 saturated heterocycles. The van der Waals surface area contributed by atoms with E-state index in [4.69, 9.17) is 9.15 Å². The number of fused-ring (bicyclic) bond motifs is 1. The molecule has 2 aromatic carbocycles. The van der Waals surface area contributed by atoms with Crippen LogP contribution in [0.1, 0.15) is 28.8 Å². The number of carbonyl (C=O) groups is 1. The monoisotopic (exact) mass is 348 g/mol. The normalized spacial score (nSPS) is 10.9. The van der Waals surface area contributed by atoms with Crippen molar-refractivity contribution in [3.8, 4) is 5.75 Å². The first kappa shape index (κ1) is 16.0. The van der Waals surface area contributed by atoms with Gasteiger partial charge in [0.25, 0.3) is 5.89 Å². The van der Waals surface area contributed by atoms with Crippen molar-refractivity contribution >= 4 is 16.8 Å². The Balaban J connectivity index is 1.33. The topological polar surface area (TPSA) is 93.9 Å². The summed E-state index contributed by atoms with van der Waals surface area (Å²) in [7, 11) is 0. The van der Waals surface area contributed by atoms with Crippen LogP contribution in [0.25, 0.3) is 11.0 Å². The van der Waals surface area contributed by atoms with Gasteiger partial charge in [-0.1, -0.05) is 30.3 Å². The Morgan fingerprint density at radius 2 is 1.77 bits per heavy atom. The van der Waals surface area contributed by atoms with Crippen LogP contribution in [0.5, 0.6) is 5.75 Å². The summed E-state index contributed by atoms with van der Waals surface area (Å²) in [5, 5.41) is 7.90. The van der Waals surface area contributed by atoms with Crippen LogP contribution in [-0.2, 0) is 13.0 Å². The number of hydrogen-bond donors (Lipinski definition) is 1. The van der Waals surface area contributed by atoms with Crippen LogP contribution >= 0.6 is 0 Å². The lowest BCUT2D eigenvalue weighted by Crippen LogP contribution is -2.03. The maximum Gasteiger partial charge on any atom is 0.253 e. The number of nitrogens with zero attached hydrogens (tertiary/aromatic N) is 3. The highest BCUT2D eigenvalue weighted by atomic mass is 16.5. The van der Waals surface area contributed by atoms with Crippen LogP contribution in [-0.4, -0.2) is 25.9 Å². The van der Waals surface area contributed by atoms with E-state index in [-0.39, 0.29) is 18.8 Å². The summed E-state index contributed by atoms with van der Waals surface area (Å²) in [6, 6.07) is 16.9. The highest BCUT2D eigenvalue weighted by molar-refractivity contribution is 5.95. The summed E-state index contributed by atoms with van der Waals surface area (Å²) in [6.45, 7) is 0.189. The summed E-state index contributed by atoms with van der Waals surface area (Å²) >= 11 is 0. The van der Waals surface area contributed by atoms with Crippen LogP contribution in [0.2, 0.25) is 0 Å². The highest BCUT2D eigenvalue weighted by Crippen LogP contribution is 2.14. The second-order valence-corrected chi connectivity index (χ2v) is 5.72. The maximum absolute atomic E-state index is 12.3. The fraction of sp³-hybridized carbons (Fsp3) is 0.158. The second kappa shape index (κ2) is 7.18. The Bertz CT molecular complexity index is 990. The molecule has 7 nitrogen and oxygen atoms in total. The van der Waals surface area contributed by atoms with Gasteiger partial charge in [-0.05, 0) is 24.3 Å². The number of H-pyrrole nitrogens is 1. The molecule has 0 unspecified atom stereocenters. The fourth-order valence-corrected chi connectivity index (χ4v) is 2.53. The first-order valence-electron chi connectivity index (χ1n) is 8.25. The van der Waals surface area contributed by atoms with E-state index in [2.05, 4.69) is 20.2 Å². The van der Waals surface area contributed by atoms with Crippen molar-refractivity contribution in [1.82, 2.24) is 20.2 Å². The number of aryl methyl sites for hydroxylation is 1. The van der Waals surface area contributed by atoms with Gasteiger partial charge in [0, 0.05) is 12.8 Å². The second-order valence-electron chi connectivity index (χ2n) is 5.72.